The van der Waals surface area contributed by atoms with Crippen molar-refractivity contribution in [2.45, 2.75) is 11.6 Å². The molecule has 0 fully saturated rings. The van der Waals surface area contributed by atoms with Crippen LogP contribution in [0.1, 0.15) is 16.6 Å². The summed E-state index contributed by atoms with van der Waals surface area (Å²) in [5.74, 6) is -0.538. The molecule has 1 heterocycles. The second kappa shape index (κ2) is 6.13. The summed E-state index contributed by atoms with van der Waals surface area (Å²) in [6.45, 7) is 0. The fraction of sp³-hybridized carbons (Fsp3) is 0.143. The number of carbonyl (C=O) groups excluding carboxylic acids is 1. The Balaban J connectivity index is 2.06. The lowest BCUT2D eigenvalue weighted by Gasteiger charge is -2.11. The molecule has 0 spiro atoms. The maximum Gasteiger partial charge on any atom is 0.433 e. The van der Waals surface area contributed by atoms with Gasteiger partial charge in [0.15, 0.2) is 0 Å². The summed E-state index contributed by atoms with van der Waals surface area (Å²) < 4.78 is 37.1. The van der Waals surface area contributed by atoms with Gasteiger partial charge in [0.05, 0.1) is 11.9 Å². The zero-order valence-electron chi connectivity index (χ0n) is 10.6. The standard InChI is InChI=1S/C14H10ClF3N2O/c15-12(9-4-2-1-3-5-9)13(21)20-10-6-7-11(19-8-10)14(16,17)18/h1-8,12H,(H,20,21). The number of nitrogens with one attached hydrogen (secondary N) is 1. The van der Waals surface area contributed by atoms with Crippen molar-refractivity contribution in [3.05, 3.63) is 59.9 Å². The number of carbonyl (C=O) groups is 1. The number of rotatable bonds is 3. The third-order valence-electron chi connectivity index (χ3n) is 2.64. The van der Waals surface area contributed by atoms with Gasteiger partial charge in [-0.05, 0) is 17.7 Å². The van der Waals surface area contributed by atoms with Gasteiger partial charge in [0.2, 0.25) is 5.91 Å². The number of amides is 1. The van der Waals surface area contributed by atoms with Crippen molar-refractivity contribution in [3.63, 3.8) is 0 Å². The number of alkyl halides is 4. The van der Waals surface area contributed by atoms with Crippen LogP contribution in [0.15, 0.2) is 48.7 Å². The van der Waals surface area contributed by atoms with E-state index >= 15 is 0 Å². The highest BCUT2D eigenvalue weighted by Gasteiger charge is 2.32. The van der Waals surface area contributed by atoms with Crippen LogP contribution >= 0.6 is 11.6 Å². The average molecular weight is 315 g/mol. The van der Waals surface area contributed by atoms with Crippen molar-refractivity contribution in [1.82, 2.24) is 4.98 Å². The molecule has 2 aromatic rings. The highest BCUT2D eigenvalue weighted by molar-refractivity contribution is 6.32. The molecular formula is C14H10ClF3N2O. The van der Waals surface area contributed by atoms with E-state index < -0.39 is 23.2 Å². The molecule has 1 unspecified atom stereocenters. The van der Waals surface area contributed by atoms with Crippen molar-refractivity contribution in [2.75, 3.05) is 5.32 Å². The molecule has 0 aliphatic rings. The van der Waals surface area contributed by atoms with Gasteiger partial charge in [0.25, 0.3) is 0 Å². The first-order chi connectivity index (χ1) is 9.88. The molecule has 1 amide bonds. The second-order valence-corrected chi connectivity index (χ2v) is 4.63. The van der Waals surface area contributed by atoms with Gasteiger partial charge in [-0.3, -0.25) is 4.79 Å². The molecule has 2 rings (SSSR count). The predicted octanol–water partition coefficient (Wildman–Crippen LogP) is 4.02. The third-order valence-corrected chi connectivity index (χ3v) is 3.09. The zero-order chi connectivity index (χ0) is 15.5. The summed E-state index contributed by atoms with van der Waals surface area (Å²) in [7, 11) is 0. The van der Waals surface area contributed by atoms with Gasteiger partial charge in [-0.1, -0.05) is 30.3 Å². The van der Waals surface area contributed by atoms with Crippen LogP contribution in [0.4, 0.5) is 18.9 Å². The number of hydrogen-bond acceptors (Lipinski definition) is 2. The van der Waals surface area contributed by atoms with Gasteiger partial charge >= 0.3 is 6.18 Å². The quantitative estimate of drug-likeness (QED) is 0.869. The first kappa shape index (κ1) is 15.3. The Morgan fingerprint density at radius 3 is 2.33 bits per heavy atom. The van der Waals surface area contributed by atoms with E-state index in [1.807, 2.05) is 0 Å². The molecule has 0 saturated heterocycles. The van der Waals surface area contributed by atoms with Crippen LogP contribution in [-0.4, -0.2) is 10.9 Å². The Bertz CT molecular complexity index is 614. The fourth-order valence-corrected chi connectivity index (χ4v) is 1.81. The topological polar surface area (TPSA) is 42.0 Å². The van der Waals surface area contributed by atoms with E-state index in [0.717, 1.165) is 18.3 Å². The van der Waals surface area contributed by atoms with Crippen molar-refractivity contribution in [3.8, 4) is 0 Å². The maximum absolute atomic E-state index is 12.4. The number of anilines is 1. The van der Waals surface area contributed by atoms with Crippen molar-refractivity contribution < 1.29 is 18.0 Å². The Labute approximate surface area is 123 Å². The van der Waals surface area contributed by atoms with Crippen LogP contribution in [0, 0.1) is 0 Å². The van der Waals surface area contributed by atoms with Crippen molar-refractivity contribution >= 4 is 23.2 Å². The lowest BCUT2D eigenvalue weighted by atomic mass is 10.1. The van der Waals surface area contributed by atoms with Crippen molar-refractivity contribution in [1.29, 1.82) is 0 Å². The average Bonchev–Trinajstić information content (AvgIpc) is 2.47. The minimum Gasteiger partial charge on any atom is -0.323 e. The fourth-order valence-electron chi connectivity index (χ4n) is 1.61. The highest BCUT2D eigenvalue weighted by atomic mass is 35.5. The van der Waals surface area contributed by atoms with Gasteiger partial charge in [-0.25, -0.2) is 4.98 Å². The van der Waals surface area contributed by atoms with E-state index in [1.165, 1.54) is 0 Å². The molecule has 110 valence electrons. The number of hydrogen-bond donors (Lipinski definition) is 1. The molecule has 0 saturated carbocycles. The number of pyridine rings is 1. The highest BCUT2D eigenvalue weighted by Crippen LogP contribution is 2.28. The third kappa shape index (κ3) is 3.95. The number of nitrogens with zero attached hydrogens (tertiary/aromatic N) is 1. The molecule has 0 aliphatic carbocycles. The van der Waals surface area contributed by atoms with E-state index in [0.29, 0.717) is 5.56 Å². The van der Waals surface area contributed by atoms with Crippen LogP contribution < -0.4 is 5.32 Å². The summed E-state index contributed by atoms with van der Waals surface area (Å²) in [5.41, 5.74) is -0.280. The van der Waals surface area contributed by atoms with E-state index in [4.69, 9.17) is 11.6 Å². The van der Waals surface area contributed by atoms with E-state index in [-0.39, 0.29) is 5.69 Å². The lowest BCUT2D eigenvalue weighted by Crippen LogP contribution is -2.17. The summed E-state index contributed by atoms with van der Waals surface area (Å²) in [6, 6.07) is 10.5. The van der Waals surface area contributed by atoms with Gasteiger partial charge in [0, 0.05) is 0 Å². The molecule has 1 atom stereocenters. The van der Waals surface area contributed by atoms with E-state index in [9.17, 15) is 18.0 Å². The van der Waals surface area contributed by atoms with E-state index in [1.54, 1.807) is 30.3 Å². The predicted molar refractivity (Wildman–Crippen MR) is 72.9 cm³/mol. The van der Waals surface area contributed by atoms with Gasteiger partial charge < -0.3 is 5.32 Å². The van der Waals surface area contributed by atoms with Crippen LogP contribution in [0.5, 0.6) is 0 Å². The Hall–Kier alpha value is -2.08. The van der Waals surface area contributed by atoms with Gasteiger partial charge in [-0.15, -0.1) is 11.6 Å². The minimum absolute atomic E-state index is 0.148. The monoisotopic (exact) mass is 314 g/mol. The number of halogens is 4. The molecule has 21 heavy (non-hydrogen) atoms. The summed E-state index contributed by atoms with van der Waals surface area (Å²) >= 11 is 6.00. The zero-order valence-corrected chi connectivity index (χ0v) is 11.3. The largest absolute Gasteiger partial charge is 0.433 e. The summed E-state index contributed by atoms with van der Waals surface area (Å²) in [5, 5.41) is 1.48. The van der Waals surface area contributed by atoms with Gasteiger partial charge in [0.1, 0.15) is 11.1 Å². The molecule has 3 nitrogen and oxygen atoms in total. The first-order valence-electron chi connectivity index (χ1n) is 5.91. The van der Waals surface area contributed by atoms with Crippen LogP contribution in [-0.2, 0) is 11.0 Å². The molecule has 0 aliphatic heterocycles. The lowest BCUT2D eigenvalue weighted by molar-refractivity contribution is -0.141. The molecule has 1 aromatic heterocycles. The van der Waals surface area contributed by atoms with Crippen LogP contribution in [0.2, 0.25) is 0 Å². The SMILES string of the molecule is O=C(Nc1ccc(C(F)(F)F)nc1)C(Cl)c1ccccc1. The van der Waals surface area contributed by atoms with Crippen LogP contribution in [0.3, 0.4) is 0 Å². The molecule has 0 bridgehead atoms. The van der Waals surface area contributed by atoms with Crippen molar-refractivity contribution in [2.24, 2.45) is 0 Å². The normalized spacial score (nSPS) is 12.8. The van der Waals surface area contributed by atoms with Gasteiger partial charge in [-0.2, -0.15) is 13.2 Å². The Morgan fingerprint density at radius 2 is 1.81 bits per heavy atom. The Kier molecular flexibility index (Phi) is 4.47. The first-order valence-corrected chi connectivity index (χ1v) is 6.34. The maximum atomic E-state index is 12.4. The molecular weight excluding hydrogens is 305 g/mol. The molecule has 0 radical (unpaired) electrons. The number of aromatic nitrogens is 1. The summed E-state index contributed by atoms with van der Waals surface area (Å²) in [4.78, 5) is 15.2. The molecule has 1 N–H and O–H groups in total. The minimum atomic E-state index is -4.51. The van der Waals surface area contributed by atoms with E-state index in [2.05, 4.69) is 10.3 Å². The van der Waals surface area contributed by atoms with Crippen LogP contribution in [0.25, 0.3) is 0 Å². The molecule has 7 heteroatoms. The number of benzene rings is 1. The summed E-state index contributed by atoms with van der Waals surface area (Å²) in [6.07, 6.45) is -3.57. The smallest absolute Gasteiger partial charge is 0.323 e. The second-order valence-electron chi connectivity index (χ2n) is 4.19. The Morgan fingerprint density at radius 1 is 1.14 bits per heavy atom. The molecule has 1 aromatic carbocycles.